The molecule has 0 aliphatic heterocycles. The number of unbranched alkanes of at least 4 members (excludes halogenated alkanes) is 1. The number of aliphatic hydroxyl groups is 1. The summed E-state index contributed by atoms with van der Waals surface area (Å²) in [5.41, 5.74) is 1.76. The lowest BCUT2D eigenvalue weighted by Gasteiger charge is -2.23. The Labute approximate surface area is 190 Å². The van der Waals surface area contributed by atoms with Crippen LogP contribution < -0.4 is 9.92 Å². The molecule has 2 nitrogen and oxygen atoms in total. The second kappa shape index (κ2) is 10.9. The molecule has 0 saturated heterocycles. The van der Waals surface area contributed by atoms with E-state index in [0.29, 0.717) is 29.9 Å². The molecule has 0 aliphatic rings. The van der Waals surface area contributed by atoms with E-state index < -0.39 is 19.7 Å². The van der Waals surface area contributed by atoms with Gasteiger partial charge in [-0.25, -0.2) is 8.78 Å². The van der Waals surface area contributed by atoms with Gasteiger partial charge in [0, 0.05) is 24.2 Å². The van der Waals surface area contributed by atoms with Crippen molar-refractivity contribution in [2.24, 2.45) is 0 Å². The molecule has 0 atom stereocenters. The van der Waals surface area contributed by atoms with Gasteiger partial charge in [0.1, 0.15) is 5.75 Å². The molecule has 32 heavy (non-hydrogen) atoms. The van der Waals surface area contributed by atoms with E-state index in [4.69, 9.17) is 9.84 Å². The van der Waals surface area contributed by atoms with E-state index >= 15 is 4.39 Å². The second-order valence-electron chi connectivity index (χ2n) is 8.80. The van der Waals surface area contributed by atoms with Crippen molar-refractivity contribution in [3.05, 3.63) is 72.3 Å². The van der Waals surface area contributed by atoms with Crippen LogP contribution in [0.1, 0.15) is 26.2 Å². The molecule has 0 heterocycles. The van der Waals surface area contributed by atoms with E-state index in [2.05, 4.69) is 32.2 Å². The molecule has 3 rings (SSSR count). The number of benzene rings is 3. The van der Waals surface area contributed by atoms with E-state index in [1.54, 1.807) is 36.4 Å². The van der Waals surface area contributed by atoms with Gasteiger partial charge in [-0.1, -0.05) is 92.6 Å². The lowest BCUT2D eigenvalue weighted by molar-refractivity contribution is 0.233. The molecule has 1 N–H and O–H groups in total. The van der Waals surface area contributed by atoms with Crippen LogP contribution in [0, 0.1) is 11.6 Å². The van der Waals surface area contributed by atoms with Gasteiger partial charge in [-0.3, -0.25) is 0 Å². The van der Waals surface area contributed by atoms with Gasteiger partial charge < -0.3 is 9.84 Å². The zero-order valence-electron chi connectivity index (χ0n) is 19.1. The zero-order valence-corrected chi connectivity index (χ0v) is 20.1. The van der Waals surface area contributed by atoms with E-state index in [-0.39, 0.29) is 17.7 Å². The summed E-state index contributed by atoms with van der Waals surface area (Å²) in [7, 11) is -1.51. The highest BCUT2D eigenvalue weighted by atomic mass is 28.3. The summed E-state index contributed by atoms with van der Waals surface area (Å²) in [5, 5.41) is 10.2. The Morgan fingerprint density at radius 1 is 0.781 bits per heavy atom. The van der Waals surface area contributed by atoms with Gasteiger partial charge in [-0.05, 0) is 23.3 Å². The highest BCUT2D eigenvalue weighted by Crippen LogP contribution is 2.32. The average molecular weight is 455 g/mol. The standard InChI is InChI=1S/C27H32F2O2Si/c1-4-5-19-32(2,3)23-13-9-21(10-14-23)25-16-15-24(26(28)27(25)29)20-7-11-22(12-8-20)31-18-6-17-30/h7-16,30H,4-6,17-19H2,1-3H3. The Kier molecular flexibility index (Phi) is 8.21. The third-order valence-electron chi connectivity index (χ3n) is 5.95. The minimum absolute atomic E-state index is 0.0657. The summed E-state index contributed by atoms with van der Waals surface area (Å²) in [6.07, 6.45) is 2.95. The molecule has 0 aliphatic carbocycles. The Bertz CT molecular complexity index is 1020. The van der Waals surface area contributed by atoms with Crippen molar-refractivity contribution in [1.82, 2.24) is 0 Å². The number of halogens is 2. The molecule has 0 unspecified atom stereocenters. The summed E-state index contributed by atoms with van der Waals surface area (Å²) >= 11 is 0. The van der Waals surface area contributed by atoms with Gasteiger partial charge in [-0.2, -0.15) is 0 Å². The predicted octanol–water partition coefficient (Wildman–Crippen LogP) is 6.78. The molecule has 5 heteroatoms. The molecular formula is C27H32F2O2Si. The van der Waals surface area contributed by atoms with Crippen LogP contribution in [0.3, 0.4) is 0 Å². The van der Waals surface area contributed by atoms with Crippen molar-refractivity contribution in [3.8, 4) is 28.0 Å². The van der Waals surface area contributed by atoms with Crippen molar-refractivity contribution in [2.75, 3.05) is 13.2 Å². The molecule has 170 valence electrons. The van der Waals surface area contributed by atoms with Crippen LogP contribution >= 0.6 is 0 Å². The van der Waals surface area contributed by atoms with E-state index in [9.17, 15) is 4.39 Å². The van der Waals surface area contributed by atoms with E-state index in [1.165, 1.54) is 24.1 Å². The van der Waals surface area contributed by atoms with Crippen molar-refractivity contribution in [2.45, 2.75) is 45.3 Å². The molecule has 0 spiro atoms. The van der Waals surface area contributed by atoms with Crippen LogP contribution in [0.2, 0.25) is 19.1 Å². The Balaban J connectivity index is 1.81. The van der Waals surface area contributed by atoms with Crippen LogP contribution in [-0.4, -0.2) is 26.4 Å². The van der Waals surface area contributed by atoms with Crippen LogP contribution in [0.25, 0.3) is 22.3 Å². The van der Waals surface area contributed by atoms with Crippen molar-refractivity contribution >= 4 is 13.3 Å². The van der Waals surface area contributed by atoms with Crippen molar-refractivity contribution in [1.29, 1.82) is 0 Å². The second-order valence-corrected chi connectivity index (χ2v) is 13.6. The topological polar surface area (TPSA) is 29.5 Å². The quantitative estimate of drug-likeness (QED) is 0.270. The molecule has 3 aromatic carbocycles. The third kappa shape index (κ3) is 5.64. The molecule has 0 radical (unpaired) electrons. The number of ether oxygens (including phenoxy) is 1. The monoisotopic (exact) mass is 454 g/mol. The van der Waals surface area contributed by atoms with E-state index in [0.717, 1.165) is 0 Å². The van der Waals surface area contributed by atoms with Crippen LogP contribution in [-0.2, 0) is 0 Å². The van der Waals surface area contributed by atoms with Gasteiger partial charge in [0.25, 0.3) is 0 Å². The molecule has 3 aromatic rings. The van der Waals surface area contributed by atoms with Crippen LogP contribution in [0.5, 0.6) is 5.75 Å². The maximum absolute atomic E-state index is 15.0. The first kappa shape index (κ1) is 24.1. The first-order chi connectivity index (χ1) is 15.4. The average Bonchev–Trinajstić information content (AvgIpc) is 2.80. The lowest BCUT2D eigenvalue weighted by Crippen LogP contribution is -2.40. The summed E-state index contributed by atoms with van der Waals surface area (Å²) in [6.45, 7) is 7.39. The Morgan fingerprint density at radius 2 is 1.31 bits per heavy atom. The highest BCUT2D eigenvalue weighted by molar-refractivity contribution is 6.89. The Hall–Kier alpha value is -2.50. The maximum Gasteiger partial charge on any atom is 0.167 e. The van der Waals surface area contributed by atoms with Crippen LogP contribution in [0.15, 0.2) is 60.7 Å². The van der Waals surface area contributed by atoms with Crippen molar-refractivity contribution < 1.29 is 18.6 Å². The van der Waals surface area contributed by atoms with Crippen LogP contribution in [0.4, 0.5) is 8.78 Å². The fourth-order valence-corrected chi connectivity index (χ4v) is 6.44. The number of hydrogen-bond acceptors (Lipinski definition) is 2. The normalized spacial score (nSPS) is 11.6. The largest absolute Gasteiger partial charge is 0.494 e. The first-order valence-corrected chi connectivity index (χ1v) is 14.5. The van der Waals surface area contributed by atoms with Gasteiger partial charge >= 0.3 is 0 Å². The summed E-state index contributed by atoms with van der Waals surface area (Å²) in [4.78, 5) is 0. The minimum Gasteiger partial charge on any atom is -0.494 e. The van der Waals surface area contributed by atoms with Gasteiger partial charge in [-0.15, -0.1) is 0 Å². The van der Waals surface area contributed by atoms with Crippen molar-refractivity contribution in [3.63, 3.8) is 0 Å². The minimum atomic E-state index is -1.51. The van der Waals surface area contributed by atoms with Gasteiger partial charge in [0.2, 0.25) is 0 Å². The molecular weight excluding hydrogens is 422 g/mol. The first-order valence-electron chi connectivity index (χ1n) is 11.3. The van der Waals surface area contributed by atoms with Gasteiger partial charge in [0.15, 0.2) is 11.6 Å². The smallest absolute Gasteiger partial charge is 0.167 e. The zero-order chi connectivity index (χ0) is 23.1. The highest BCUT2D eigenvalue weighted by Gasteiger charge is 2.23. The maximum atomic E-state index is 15.0. The predicted molar refractivity (Wildman–Crippen MR) is 131 cm³/mol. The number of rotatable bonds is 10. The molecule has 0 amide bonds. The Morgan fingerprint density at radius 3 is 1.81 bits per heavy atom. The molecule has 0 saturated carbocycles. The third-order valence-corrected chi connectivity index (χ3v) is 9.45. The lowest BCUT2D eigenvalue weighted by atomic mass is 9.99. The summed E-state index contributed by atoms with van der Waals surface area (Å²) < 4.78 is 35.5. The molecule has 0 fully saturated rings. The fraction of sp³-hybridized carbons (Fsp3) is 0.333. The fourth-order valence-electron chi connectivity index (χ4n) is 3.84. The molecule has 0 aromatic heterocycles. The number of hydrogen-bond donors (Lipinski definition) is 1. The molecule has 0 bridgehead atoms. The van der Waals surface area contributed by atoms with E-state index in [1.807, 2.05) is 12.1 Å². The van der Waals surface area contributed by atoms with Gasteiger partial charge in [0.05, 0.1) is 14.7 Å². The SMILES string of the molecule is CCCC[Si](C)(C)c1ccc(-c2ccc(-c3ccc(OCCCO)cc3)c(F)c2F)cc1. The summed E-state index contributed by atoms with van der Waals surface area (Å²) in [5.74, 6) is -1.05. The summed E-state index contributed by atoms with van der Waals surface area (Å²) in [6, 6.07) is 19.4. The number of aliphatic hydroxyl groups excluding tert-OH is 1.